The average molecular weight is 288 g/mol. The molecule has 0 bridgehead atoms. The molecule has 1 heterocycles. The van der Waals surface area contributed by atoms with E-state index in [0.717, 1.165) is 23.6 Å². The maximum atomic E-state index is 9.33. The van der Waals surface area contributed by atoms with E-state index in [1.165, 1.54) is 12.8 Å². The van der Waals surface area contributed by atoms with Crippen molar-refractivity contribution in [1.29, 1.82) is 5.26 Å². The Morgan fingerprint density at radius 2 is 1.90 bits per heavy atom. The first kappa shape index (κ1) is 17.5. The topological polar surface area (TPSA) is 52.0 Å². The van der Waals surface area contributed by atoms with Crippen LogP contribution < -0.4 is 5.32 Å². The number of pyridine rings is 1. The van der Waals surface area contributed by atoms with Crippen molar-refractivity contribution < 1.29 is 0 Å². The summed E-state index contributed by atoms with van der Waals surface area (Å²) >= 11 is 0. The summed E-state index contributed by atoms with van der Waals surface area (Å²) < 4.78 is 0. The molecule has 0 saturated heterocycles. The van der Waals surface area contributed by atoms with Crippen LogP contribution in [0.25, 0.3) is 0 Å². The molecule has 1 aromatic rings. The third-order valence-electron chi connectivity index (χ3n) is 4.20. The number of aromatic nitrogens is 1. The van der Waals surface area contributed by atoms with Crippen LogP contribution in [-0.4, -0.2) is 36.6 Å². The van der Waals surface area contributed by atoms with Crippen molar-refractivity contribution in [3.63, 3.8) is 0 Å². The number of anilines is 1. The molecule has 21 heavy (non-hydrogen) atoms. The van der Waals surface area contributed by atoms with E-state index in [1.54, 1.807) is 0 Å². The number of nitrogens with zero attached hydrogens (tertiary/aromatic N) is 3. The fourth-order valence-electron chi connectivity index (χ4n) is 2.93. The summed E-state index contributed by atoms with van der Waals surface area (Å²) in [4.78, 5) is 6.64. The Morgan fingerprint density at radius 3 is 2.38 bits per heavy atom. The Balaban J connectivity index is 2.93. The van der Waals surface area contributed by atoms with Gasteiger partial charge in [-0.15, -0.1) is 0 Å². The maximum Gasteiger partial charge on any atom is 0.103 e. The van der Waals surface area contributed by atoms with E-state index in [4.69, 9.17) is 0 Å². The van der Waals surface area contributed by atoms with Gasteiger partial charge < -0.3 is 10.2 Å². The zero-order valence-corrected chi connectivity index (χ0v) is 14.2. The lowest BCUT2D eigenvalue weighted by Gasteiger charge is -2.32. The third kappa shape index (κ3) is 4.44. The van der Waals surface area contributed by atoms with Gasteiger partial charge in [-0.3, -0.25) is 4.98 Å². The zero-order valence-electron chi connectivity index (χ0n) is 14.2. The Bertz CT molecular complexity index is 498. The lowest BCUT2D eigenvalue weighted by atomic mass is 9.93. The van der Waals surface area contributed by atoms with E-state index in [2.05, 4.69) is 49.2 Å². The summed E-state index contributed by atoms with van der Waals surface area (Å²) in [6.07, 6.45) is 2.33. The third-order valence-corrected chi connectivity index (χ3v) is 4.20. The minimum atomic E-state index is 0.459. The Labute approximate surface area is 129 Å². The molecule has 0 aliphatic carbocycles. The van der Waals surface area contributed by atoms with Crippen molar-refractivity contribution in [3.05, 3.63) is 23.0 Å². The number of hydrogen-bond donors (Lipinski definition) is 1. The predicted octanol–water partition coefficient (Wildman–Crippen LogP) is 3.35. The van der Waals surface area contributed by atoms with Crippen molar-refractivity contribution >= 4 is 5.69 Å². The summed E-state index contributed by atoms with van der Waals surface area (Å²) in [5.41, 5.74) is 3.30. The van der Waals surface area contributed by atoms with Crippen LogP contribution in [0.5, 0.6) is 0 Å². The molecule has 1 N–H and O–H groups in total. The molecule has 0 radical (unpaired) electrons. The maximum absolute atomic E-state index is 9.33. The van der Waals surface area contributed by atoms with E-state index >= 15 is 0 Å². The molecule has 1 rings (SSSR count). The highest BCUT2D eigenvalue weighted by Gasteiger charge is 2.21. The molecule has 0 amide bonds. The van der Waals surface area contributed by atoms with Crippen molar-refractivity contribution in [2.75, 3.05) is 26.0 Å². The van der Waals surface area contributed by atoms with Gasteiger partial charge in [0, 0.05) is 18.3 Å². The van der Waals surface area contributed by atoms with Crippen molar-refractivity contribution in [3.8, 4) is 6.07 Å². The number of nitrogens with one attached hydrogen (secondary N) is 1. The molecule has 0 aliphatic heterocycles. The van der Waals surface area contributed by atoms with Gasteiger partial charge in [-0.2, -0.15) is 5.26 Å². The van der Waals surface area contributed by atoms with Gasteiger partial charge in [0.25, 0.3) is 0 Å². The van der Waals surface area contributed by atoms with Gasteiger partial charge in [0.1, 0.15) is 6.07 Å². The fourth-order valence-corrected chi connectivity index (χ4v) is 2.93. The molecule has 1 atom stereocenters. The quantitative estimate of drug-likeness (QED) is 0.836. The summed E-state index contributed by atoms with van der Waals surface area (Å²) in [6, 6.07) is 4.68. The Morgan fingerprint density at radius 1 is 1.29 bits per heavy atom. The van der Waals surface area contributed by atoms with Crippen LogP contribution in [0.4, 0.5) is 5.69 Å². The highest BCUT2D eigenvalue weighted by molar-refractivity contribution is 5.59. The van der Waals surface area contributed by atoms with Gasteiger partial charge in [-0.05, 0) is 39.9 Å². The van der Waals surface area contributed by atoms with Crippen LogP contribution in [-0.2, 0) is 0 Å². The van der Waals surface area contributed by atoms with Gasteiger partial charge >= 0.3 is 0 Å². The normalized spacial score (nSPS) is 12.5. The lowest BCUT2D eigenvalue weighted by Crippen LogP contribution is -2.40. The molecule has 116 valence electrons. The van der Waals surface area contributed by atoms with Gasteiger partial charge in [0.05, 0.1) is 16.9 Å². The number of nitriles is 1. The molecular weight excluding hydrogens is 260 g/mol. The van der Waals surface area contributed by atoms with E-state index in [1.807, 2.05) is 19.9 Å². The van der Waals surface area contributed by atoms with Crippen molar-refractivity contribution in [2.24, 2.45) is 5.92 Å². The zero-order chi connectivity index (χ0) is 16.0. The molecule has 0 aliphatic rings. The van der Waals surface area contributed by atoms with Crippen molar-refractivity contribution in [1.82, 2.24) is 9.88 Å². The molecular formula is C17H28N4. The number of likely N-dealkylation sites (N-methyl/N-ethyl adjacent to an activating group) is 1. The first-order valence-corrected chi connectivity index (χ1v) is 7.73. The molecule has 4 nitrogen and oxygen atoms in total. The summed E-state index contributed by atoms with van der Waals surface area (Å²) in [5.74, 6) is 0.655. The van der Waals surface area contributed by atoms with Crippen LogP contribution in [0.15, 0.2) is 6.07 Å². The van der Waals surface area contributed by atoms with Gasteiger partial charge in [0.2, 0.25) is 0 Å². The fraction of sp³-hybridized carbons (Fsp3) is 0.647. The predicted molar refractivity (Wildman–Crippen MR) is 88.5 cm³/mol. The van der Waals surface area contributed by atoms with Crippen LogP contribution in [0.2, 0.25) is 0 Å². The van der Waals surface area contributed by atoms with Crippen LogP contribution >= 0.6 is 0 Å². The average Bonchev–Trinajstić information content (AvgIpc) is 2.42. The Kier molecular flexibility index (Phi) is 6.64. The second kappa shape index (κ2) is 7.99. The second-order valence-corrected chi connectivity index (χ2v) is 5.87. The molecule has 0 saturated carbocycles. The minimum absolute atomic E-state index is 0.459. The monoisotopic (exact) mass is 288 g/mol. The van der Waals surface area contributed by atoms with Gasteiger partial charge in [-0.1, -0.05) is 26.7 Å². The standard InChI is InChI=1S/C17H28N4/c1-7-14(8-2)17(21(5)6)11-19-16-9-12(3)20-13(4)15(16)10-18/h9,14,17H,7-8,11H2,1-6H3,(H,19,20). The summed E-state index contributed by atoms with van der Waals surface area (Å²) in [7, 11) is 4.25. The molecule has 0 aromatic carbocycles. The highest BCUT2D eigenvalue weighted by Crippen LogP contribution is 2.21. The number of aryl methyl sites for hydroxylation is 2. The van der Waals surface area contributed by atoms with Gasteiger partial charge in [0.15, 0.2) is 0 Å². The minimum Gasteiger partial charge on any atom is -0.382 e. The van der Waals surface area contributed by atoms with E-state index in [0.29, 0.717) is 17.5 Å². The second-order valence-electron chi connectivity index (χ2n) is 5.87. The lowest BCUT2D eigenvalue weighted by molar-refractivity contribution is 0.210. The Hall–Kier alpha value is -1.60. The number of hydrogen-bond acceptors (Lipinski definition) is 4. The van der Waals surface area contributed by atoms with Crippen LogP contribution in [0, 0.1) is 31.1 Å². The smallest absolute Gasteiger partial charge is 0.103 e. The van der Waals surface area contributed by atoms with E-state index < -0.39 is 0 Å². The molecule has 0 spiro atoms. The van der Waals surface area contributed by atoms with Crippen LogP contribution in [0.3, 0.4) is 0 Å². The molecule has 1 unspecified atom stereocenters. The summed E-state index contributed by atoms with van der Waals surface area (Å²) in [5, 5.41) is 12.8. The first-order chi connectivity index (χ1) is 9.94. The summed E-state index contributed by atoms with van der Waals surface area (Å²) in [6.45, 7) is 9.18. The van der Waals surface area contributed by atoms with Crippen LogP contribution in [0.1, 0.15) is 43.6 Å². The SMILES string of the molecule is CCC(CC)C(CNc1cc(C)nc(C)c1C#N)N(C)C. The number of rotatable bonds is 7. The first-order valence-electron chi connectivity index (χ1n) is 7.73. The van der Waals surface area contributed by atoms with Crippen molar-refractivity contribution in [2.45, 2.75) is 46.6 Å². The molecule has 0 fully saturated rings. The molecule has 1 aromatic heterocycles. The molecule has 4 heteroatoms. The highest BCUT2D eigenvalue weighted by atomic mass is 15.1. The van der Waals surface area contributed by atoms with E-state index in [9.17, 15) is 5.26 Å². The van der Waals surface area contributed by atoms with E-state index in [-0.39, 0.29) is 0 Å². The van der Waals surface area contributed by atoms with Gasteiger partial charge in [-0.25, -0.2) is 0 Å². The largest absolute Gasteiger partial charge is 0.382 e.